The van der Waals surface area contributed by atoms with Crippen LogP contribution in [0.5, 0.6) is 0 Å². The van der Waals surface area contributed by atoms with Crippen LogP contribution in [0.15, 0.2) is 24.3 Å². The van der Waals surface area contributed by atoms with Gasteiger partial charge >= 0.3 is 0 Å². The highest BCUT2D eigenvalue weighted by molar-refractivity contribution is 5.48. The molecule has 1 aliphatic heterocycles. The van der Waals surface area contributed by atoms with Gasteiger partial charge in [0.2, 0.25) is 0 Å². The van der Waals surface area contributed by atoms with Crippen molar-refractivity contribution in [2.24, 2.45) is 5.92 Å². The minimum Gasteiger partial charge on any atom is -0.385 e. The summed E-state index contributed by atoms with van der Waals surface area (Å²) in [7, 11) is 0. The number of nitrogens with one attached hydrogen (secondary N) is 2. The molecule has 3 unspecified atom stereocenters. The maximum atomic E-state index is 13.1. The summed E-state index contributed by atoms with van der Waals surface area (Å²) < 4.78 is 13.1. The maximum absolute atomic E-state index is 13.1. The molecule has 2 fully saturated rings. The van der Waals surface area contributed by atoms with Gasteiger partial charge < -0.3 is 10.6 Å². The molecular formula is C16H23FN2. The van der Waals surface area contributed by atoms with Crippen molar-refractivity contribution in [2.45, 2.75) is 37.8 Å². The molecule has 3 rings (SSSR count). The molecule has 1 saturated heterocycles. The van der Waals surface area contributed by atoms with Gasteiger partial charge in [0.15, 0.2) is 0 Å². The van der Waals surface area contributed by atoms with Crippen molar-refractivity contribution in [2.75, 3.05) is 25.0 Å². The first kappa shape index (κ1) is 12.9. The molecule has 0 aromatic heterocycles. The van der Waals surface area contributed by atoms with Crippen LogP contribution >= 0.6 is 0 Å². The number of piperidine rings is 1. The zero-order chi connectivity index (χ0) is 13.3. The zero-order valence-electron chi connectivity index (χ0n) is 11.6. The Kier molecular flexibility index (Phi) is 3.48. The monoisotopic (exact) mass is 262 g/mol. The first-order valence-electron chi connectivity index (χ1n) is 7.44. The van der Waals surface area contributed by atoms with E-state index in [0.717, 1.165) is 18.2 Å². The summed E-state index contributed by atoms with van der Waals surface area (Å²) in [5.41, 5.74) is 3.00. The summed E-state index contributed by atoms with van der Waals surface area (Å²) >= 11 is 0. The Morgan fingerprint density at radius 3 is 2.79 bits per heavy atom. The van der Waals surface area contributed by atoms with Gasteiger partial charge in [0, 0.05) is 24.2 Å². The summed E-state index contributed by atoms with van der Waals surface area (Å²) in [6.45, 7) is 4.91. The van der Waals surface area contributed by atoms with Crippen LogP contribution in [-0.4, -0.2) is 25.8 Å². The van der Waals surface area contributed by atoms with Crippen molar-refractivity contribution in [3.63, 3.8) is 0 Å². The van der Waals surface area contributed by atoms with E-state index in [1.54, 1.807) is 0 Å². The van der Waals surface area contributed by atoms with E-state index in [-0.39, 0.29) is 0 Å². The van der Waals surface area contributed by atoms with E-state index < -0.39 is 6.17 Å². The molecule has 3 heteroatoms. The number of hydrogen-bond acceptors (Lipinski definition) is 2. The third-order valence-electron chi connectivity index (χ3n) is 4.75. The molecule has 0 radical (unpaired) electrons. The van der Waals surface area contributed by atoms with E-state index in [1.807, 2.05) is 6.92 Å². The fourth-order valence-electron chi connectivity index (χ4n) is 3.29. The van der Waals surface area contributed by atoms with Crippen molar-refractivity contribution in [3.8, 4) is 0 Å². The van der Waals surface area contributed by atoms with E-state index in [1.165, 1.54) is 18.5 Å². The molecule has 0 bridgehead atoms. The van der Waals surface area contributed by atoms with Crippen LogP contribution in [0, 0.1) is 5.92 Å². The SMILES string of the molecule is CCC(F)CCNc1ccc(C23CNCC2C3)cc1. The molecule has 1 aliphatic carbocycles. The molecule has 2 N–H and O–H groups in total. The third-order valence-corrected chi connectivity index (χ3v) is 4.75. The van der Waals surface area contributed by atoms with Crippen molar-refractivity contribution in [1.82, 2.24) is 5.32 Å². The van der Waals surface area contributed by atoms with Crippen LogP contribution in [-0.2, 0) is 5.41 Å². The van der Waals surface area contributed by atoms with Crippen LogP contribution < -0.4 is 10.6 Å². The average Bonchev–Trinajstić information content (AvgIpc) is 3.01. The Bertz CT molecular complexity index is 431. The second-order valence-corrected chi connectivity index (χ2v) is 5.99. The Morgan fingerprint density at radius 2 is 2.21 bits per heavy atom. The summed E-state index contributed by atoms with van der Waals surface area (Å²) in [5, 5.41) is 6.77. The third kappa shape index (κ3) is 2.48. The van der Waals surface area contributed by atoms with Gasteiger partial charge in [-0.25, -0.2) is 4.39 Å². The second kappa shape index (κ2) is 5.12. The molecule has 1 aromatic rings. The summed E-state index contributed by atoms with van der Waals surface area (Å²) in [6, 6.07) is 8.75. The number of halogens is 1. The molecule has 3 atom stereocenters. The molecule has 2 aliphatic rings. The minimum atomic E-state index is -0.678. The second-order valence-electron chi connectivity index (χ2n) is 5.99. The topological polar surface area (TPSA) is 24.1 Å². The average molecular weight is 262 g/mol. The van der Waals surface area contributed by atoms with Gasteiger partial charge in [-0.1, -0.05) is 19.1 Å². The molecule has 1 saturated carbocycles. The van der Waals surface area contributed by atoms with E-state index in [0.29, 0.717) is 24.8 Å². The van der Waals surface area contributed by atoms with Gasteiger partial charge in [0.25, 0.3) is 0 Å². The molecule has 1 heterocycles. The number of benzene rings is 1. The van der Waals surface area contributed by atoms with Gasteiger partial charge in [0.05, 0.1) is 0 Å². The molecule has 0 amide bonds. The van der Waals surface area contributed by atoms with Gasteiger partial charge in [-0.05, 0) is 49.4 Å². The quantitative estimate of drug-likeness (QED) is 0.823. The van der Waals surface area contributed by atoms with Crippen LogP contribution in [0.25, 0.3) is 0 Å². The Morgan fingerprint density at radius 1 is 1.42 bits per heavy atom. The highest BCUT2D eigenvalue weighted by atomic mass is 19.1. The first-order chi connectivity index (χ1) is 9.24. The van der Waals surface area contributed by atoms with E-state index in [9.17, 15) is 4.39 Å². The number of anilines is 1. The highest BCUT2D eigenvalue weighted by Crippen LogP contribution is 2.56. The van der Waals surface area contributed by atoms with Gasteiger partial charge in [0.1, 0.15) is 6.17 Å². The number of hydrogen-bond donors (Lipinski definition) is 2. The fraction of sp³-hybridized carbons (Fsp3) is 0.625. The lowest BCUT2D eigenvalue weighted by molar-refractivity contribution is 0.312. The van der Waals surface area contributed by atoms with Crippen LogP contribution in [0.2, 0.25) is 0 Å². The van der Waals surface area contributed by atoms with Crippen molar-refractivity contribution in [1.29, 1.82) is 0 Å². The summed E-state index contributed by atoms with van der Waals surface area (Å²) in [6.07, 6.45) is 1.86. The molecule has 2 nitrogen and oxygen atoms in total. The van der Waals surface area contributed by atoms with Crippen LogP contribution in [0.3, 0.4) is 0 Å². The van der Waals surface area contributed by atoms with Crippen molar-refractivity contribution >= 4 is 5.69 Å². The standard InChI is InChI=1S/C16H23FN2/c1-2-14(17)7-8-19-15-5-3-12(4-6-15)16-9-13(16)10-18-11-16/h3-6,13-14,18-19H,2,7-11H2,1H3. The molecule has 1 aromatic carbocycles. The zero-order valence-corrected chi connectivity index (χ0v) is 11.6. The van der Waals surface area contributed by atoms with E-state index >= 15 is 0 Å². The van der Waals surface area contributed by atoms with Gasteiger partial charge in [-0.3, -0.25) is 0 Å². The predicted octanol–water partition coefficient (Wildman–Crippen LogP) is 3.10. The Hall–Kier alpha value is -1.09. The lowest BCUT2D eigenvalue weighted by Gasteiger charge is -2.14. The maximum Gasteiger partial charge on any atom is 0.102 e. The lowest BCUT2D eigenvalue weighted by Crippen LogP contribution is -2.19. The van der Waals surface area contributed by atoms with Gasteiger partial charge in [-0.15, -0.1) is 0 Å². The Labute approximate surface area is 114 Å². The van der Waals surface area contributed by atoms with Crippen molar-refractivity contribution in [3.05, 3.63) is 29.8 Å². The Balaban J connectivity index is 1.55. The van der Waals surface area contributed by atoms with E-state index in [4.69, 9.17) is 0 Å². The molecule has 104 valence electrons. The minimum absolute atomic E-state index is 0.435. The van der Waals surface area contributed by atoms with Crippen LogP contribution in [0.4, 0.5) is 10.1 Å². The van der Waals surface area contributed by atoms with E-state index in [2.05, 4.69) is 34.9 Å². The molecule has 19 heavy (non-hydrogen) atoms. The lowest BCUT2D eigenvalue weighted by atomic mass is 9.95. The molecular weight excluding hydrogens is 239 g/mol. The normalized spacial score (nSPS) is 29.9. The summed E-state index contributed by atoms with van der Waals surface area (Å²) in [5.74, 6) is 0.850. The first-order valence-corrected chi connectivity index (χ1v) is 7.44. The predicted molar refractivity (Wildman–Crippen MR) is 77.4 cm³/mol. The van der Waals surface area contributed by atoms with Crippen molar-refractivity contribution < 1.29 is 4.39 Å². The highest BCUT2D eigenvalue weighted by Gasteiger charge is 2.57. The molecule has 0 spiro atoms. The number of alkyl halides is 1. The van der Waals surface area contributed by atoms with Gasteiger partial charge in [-0.2, -0.15) is 0 Å². The number of rotatable bonds is 6. The summed E-state index contributed by atoms with van der Waals surface area (Å²) in [4.78, 5) is 0. The number of fused-ring (bicyclic) bond motifs is 1. The largest absolute Gasteiger partial charge is 0.385 e. The smallest absolute Gasteiger partial charge is 0.102 e. The van der Waals surface area contributed by atoms with Crippen LogP contribution in [0.1, 0.15) is 31.7 Å². The fourth-order valence-corrected chi connectivity index (χ4v) is 3.29.